The third-order valence-electron chi connectivity index (χ3n) is 4.33. The summed E-state index contributed by atoms with van der Waals surface area (Å²) in [5.41, 5.74) is 0. The molecule has 2 rings (SSSR count). The summed E-state index contributed by atoms with van der Waals surface area (Å²) >= 11 is 0. The normalized spacial score (nSPS) is 29.6. The Balaban J connectivity index is 1.83. The standard InChI is InChI=1S/C20H38O10/c1-3-23-9-11-27-17-19(29-15-13-25-7-5-21-1)20-18-28-12-10-24-4-2-22-6-8-26-14-16-30-20/h19-20H,1-18H2/t19-,20-/m0/s1. The van der Waals surface area contributed by atoms with E-state index in [-0.39, 0.29) is 12.2 Å². The first-order chi connectivity index (χ1) is 15.0. The average molecular weight is 439 g/mol. The Morgan fingerprint density at radius 1 is 0.267 bits per heavy atom. The minimum Gasteiger partial charge on any atom is -0.377 e. The van der Waals surface area contributed by atoms with Crippen molar-refractivity contribution in [3.05, 3.63) is 0 Å². The van der Waals surface area contributed by atoms with Gasteiger partial charge in [-0.2, -0.15) is 0 Å². The predicted molar refractivity (Wildman–Crippen MR) is 106 cm³/mol. The lowest BCUT2D eigenvalue weighted by Crippen LogP contribution is -2.41. The van der Waals surface area contributed by atoms with Crippen molar-refractivity contribution in [2.45, 2.75) is 12.2 Å². The third-order valence-corrected chi connectivity index (χ3v) is 4.33. The zero-order chi connectivity index (χ0) is 21.0. The highest BCUT2D eigenvalue weighted by molar-refractivity contribution is 4.71. The van der Waals surface area contributed by atoms with Crippen LogP contribution in [0.25, 0.3) is 0 Å². The van der Waals surface area contributed by atoms with E-state index in [0.29, 0.717) is 119 Å². The van der Waals surface area contributed by atoms with Crippen LogP contribution >= 0.6 is 0 Å². The summed E-state index contributed by atoms with van der Waals surface area (Å²) in [7, 11) is 0. The van der Waals surface area contributed by atoms with Crippen LogP contribution in [0.3, 0.4) is 0 Å². The van der Waals surface area contributed by atoms with E-state index in [2.05, 4.69) is 0 Å². The van der Waals surface area contributed by atoms with E-state index in [4.69, 9.17) is 47.4 Å². The minimum absolute atomic E-state index is 0.296. The molecule has 2 fully saturated rings. The summed E-state index contributed by atoms with van der Waals surface area (Å²) in [5.74, 6) is 0. The van der Waals surface area contributed by atoms with Gasteiger partial charge in [0.1, 0.15) is 12.2 Å². The number of ether oxygens (including phenoxy) is 10. The third kappa shape index (κ3) is 13.8. The maximum atomic E-state index is 6.02. The van der Waals surface area contributed by atoms with Gasteiger partial charge in [-0.3, -0.25) is 0 Å². The summed E-state index contributed by atoms with van der Waals surface area (Å²) in [6, 6.07) is 0. The highest BCUT2D eigenvalue weighted by Gasteiger charge is 2.24. The number of hydrogen-bond acceptors (Lipinski definition) is 10. The number of rotatable bonds is 1. The highest BCUT2D eigenvalue weighted by Crippen LogP contribution is 2.08. The Bertz CT molecular complexity index is 307. The van der Waals surface area contributed by atoms with E-state index in [1.54, 1.807) is 0 Å². The van der Waals surface area contributed by atoms with Gasteiger partial charge in [0.15, 0.2) is 0 Å². The van der Waals surface area contributed by atoms with Crippen LogP contribution in [0.4, 0.5) is 0 Å². The van der Waals surface area contributed by atoms with E-state index in [1.807, 2.05) is 0 Å². The van der Waals surface area contributed by atoms with E-state index in [9.17, 15) is 0 Å². The van der Waals surface area contributed by atoms with Gasteiger partial charge in [-0.05, 0) is 0 Å². The van der Waals surface area contributed by atoms with E-state index < -0.39 is 0 Å². The van der Waals surface area contributed by atoms with Crippen molar-refractivity contribution < 1.29 is 47.4 Å². The fourth-order valence-electron chi connectivity index (χ4n) is 2.76. The first kappa shape index (κ1) is 25.9. The van der Waals surface area contributed by atoms with Crippen molar-refractivity contribution >= 4 is 0 Å². The van der Waals surface area contributed by atoms with Crippen molar-refractivity contribution in [3.8, 4) is 0 Å². The van der Waals surface area contributed by atoms with Crippen molar-refractivity contribution in [2.75, 3.05) is 119 Å². The van der Waals surface area contributed by atoms with E-state index in [0.717, 1.165) is 0 Å². The Hall–Kier alpha value is -0.400. The Kier molecular flexibility index (Phi) is 16.6. The predicted octanol–water partition coefficient (Wildman–Crippen LogP) is -0.0832. The van der Waals surface area contributed by atoms with Gasteiger partial charge < -0.3 is 47.4 Å². The molecule has 2 aliphatic heterocycles. The molecule has 0 bridgehead atoms. The molecule has 30 heavy (non-hydrogen) atoms. The molecule has 2 atom stereocenters. The summed E-state index contributed by atoms with van der Waals surface area (Å²) in [6.07, 6.45) is -0.593. The molecule has 2 aliphatic rings. The van der Waals surface area contributed by atoms with Crippen LogP contribution in [0.5, 0.6) is 0 Å². The van der Waals surface area contributed by atoms with Crippen molar-refractivity contribution in [1.82, 2.24) is 0 Å². The molecule has 0 amide bonds. The molecule has 10 nitrogen and oxygen atoms in total. The molecular formula is C20H38O10. The van der Waals surface area contributed by atoms with Crippen LogP contribution in [0.15, 0.2) is 0 Å². The van der Waals surface area contributed by atoms with Gasteiger partial charge in [0.25, 0.3) is 0 Å². The number of hydrogen-bond donors (Lipinski definition) is 0. The molecule has 0 saturated carbocycles. The fraction of sp³-hybridized carbons (Fsp3) is 1.00. The van der Waals surface area contributed by atoms with Crippen molar-refractivity contribution in [3.63, 3.8) is 0 Å². The second-order valence-electron chi connectivity index (χ2n) is 6.64. The van der Waals surface area contributed by atoms with E-state index >= 15 is 0 Å². The first-order valence-corrected chi connectivity index (χ1v) is 10.8. The van der Waals surface area contributed by atoms with Crippen LogP contribution in [-0.2, 0) is 47.4 Å². The second-order valence-corrected chi connectivity index (χ2v) is 6.64. The molecule has 10 heteroatoms. The van der Waals surface area contributed by atoms with Gasteiger partial charge in [-0.1, -0.05) is 0 Å². The average Bonchev–Trinajstić information content (AvgIpc) is 2.77. The summed E-state index contributed by atoms with van der Waals surface area (Å²) in [6.45, 7) is 8.80. The second kappa shape index (κ2) is 19.3. The molecule has 0 N–H and O–H groups in total. The summed E-state index contributed by atoms with van der Waals surface area (Å²) in [4.78, 5) is 0. The molecular weight excluding hydrogens is 400 g/mol. The largest absolute Gasteiger partial charge is 0.377 e. The van der Waals surface area contributed by atoms with Crippen LogP contribution in [0, 0.1) is 0 Å². The Morgan fingerprint density at radius 3 is 0.800 bits per heavy atom. The smallest absolute Gasteiger partial charge is 0.109 e. The molecule has 0 aliphatic carbocycles. The molecule has 2 saturated heterocycles. The molecule has 0 aromatic heterocycles. The first-order valence-electron chi connectivity index (χ1n) is 10.8. The van der Waals surface area contributed by atoms with Crippen LogP contribution < -0.4 is 0 Å². The molecule has 0 unspecified atom stereocenters. The zero-order valence-electron chi connectivity index (χ0n) is 18.0. The van der Waals surface area contributed by atoms with Crippen molar-refractivity contribution in [1.29, 1.82) is 0 Å². The molecule has 0 radical (unpaired) electrons. The molecule has 0 aromatic carbocycles. The summed E-state index contributed by atoms with van der Waals surface area (Å²) < 4.78 is 56.5. The Morgan fingerprint density at radius 2 is 0.500 bits per heavy atom. The van der Waals surface area contributed by atoms with Gasteiger partial charge in [0.05, 0.1) is 119 Å². The quantitative estimate of drug-likeness (QED) is 0.553. The van der Waals surface area contributed by atoms with Gasteiger partial charge in [-0.15, -0.1) is 0 Å². The van der Waals surface area contributed by atoms with Crippen LogP contribution in [-0.4, -0.2) is 131 Å². The van der Waals surface area contributed by atoms with Gasteiger partial charge in [0, 0.05) is 0 Å². The molecule has 0 spiro atoms. The zero-order valence-corrected chi connectivity index (χ0v) is 18.0. The lowest BCUT2D eigenvalue weighted by Gasteiger charge is -2.27. The fourth-order valence-corrected chi connectivity index (χ4v) is 2.76. The molecule has 2 heterocycles. The van der Waals surface area contributed by atoms with Crippen LogP contribution in [0.1, 0.15) is 0 Å². The minimum atomic E-state index is -0.296. The van der Waals surface area contributed by atoms with Crippen molar-refractivity contribution in [2.24, 2.45) is 0 Å². The van der Waals surface area contributed by atoms with E-state index in [1.165, 1.54) is 0 Å². The molecule has 178 valence electrons. The lowest BCUT2D eigenvalue weighted by molar-refractivity contribution is -0.141. The van der Waals surface area contributed by atoms with Gasteiger partial charge >= 0.3 is 0 Å². The highest BCUT2D eigenvalue weighted by atomic mass is 16.6. The maximum Gasteiger partial charge on any atom is 0.109 e. The van der Waals surface area contributed by atoms with Gasteiger partial charge in [-0.25, -0.2) is 0 Å². The molecule has 0 aromatic rings. The van der Waals surface area contributed by atoms with Crippen LogP contribution in [0.2, 0.25) is 0 Å². The summed E-state index contributed by atoms with van der Waals surface area (Å²) in [5, 5.41) is 0. The Labute approximate surface area is 179 Å². The lowest BCUT2D eigenvalue weighted by atomic mass is 10.2. The SMILES string of the molecule is C1COCCOC[C@@H]([C@@H]2COCCOCCOCCOCCO2)OCCOCCO1. The maximum absolute atomic E-state index is 6.02. The van der Waals surface area contributed by atoms with Gasteiger partial charge in [0.2, 0.25) is 0 Å². The monoisotopic (exact) mass is 438 g/mol. The topological polar surface area (TPSA) is 92.3 Å².